The molecular formula is C15H16N4O. The number of aryl methyl sites for hydroxylation is 1. The molecule has 20 heavy (non-hydrogen) atoms. The second-order valence-electron chi connectivity index (χ2n) is 4.23. The second-order valence-corrected chi connectivity index (χ2v) is 4.23. The van der Waals surface area contributed by atoms with Gasteiger partial charge >= 0.3 is 0 Å². The Labute approximate surface area is 118 Å². The van der Waals surface area contributed by atoms with Crippen molar-refractivity contribution in [3.05, 3.63) is 41.2 Å². The van der Waals surface area contributed by atoms with Crippen molar-refractivity contribution < 1.29 is 4.74 Å². The van der Waals surface area contributed by atoms with E-state index in [-0.39, 0.29) is 0 Å². The van der Waals surface area contributed by atoms with Crippen LogP contribution in [-0.2, 0) is 6.42 Å². The van der Waals surface area contributed by atoms with Crippen LogP contribution in [0.1, 0.15) is 23.9 Å². The standard InChI is InChI=1S/C15H16N4O/c1-4-13-18-14(17-3)10(2)15(19-13)20-12-8-6-5-7-11(12)9-16/h5-8H,4H2,1-3H3,(H,17,18,19). The van der Waals surface area contributed by atoms with Gasteiger partial charge in [-0.15, -0.1) is 0 Å². The van der Waals surface area contributed by atoms with Gasteiger partial charge in [-0.05, 0) is 19.1 Å². The minimum absolute atomic E-state index is 0.476. The lowest BCUT2D eigenvalue weighted by molar-refractivity contribution is 0.453. The number of benzene rings is 1. The zero-order valence-corrected chi connectivity index (χ0v) is 11.8. The van der Waals surface area contributed by atoms with E-state index in [4.69, 9.17) is 10.00 Å². The van der Waals surface area contributed by atoms with Crippen molar-refractivity contribution >= 4 is 5.82 Å². The Hall–Kier alpha value is -2.61. The van der Waals surface area contributed by atoms with Gasteiger partial charge in [0.25, 0.3) is 0 Å². The van der Waals surface area contributed by atoms with Gasteiger partial charge in [0.15, 0.2) is 0 Å². The second kappa shape index (κ2) is 6.02. The van der Waals surface area contributed by atoms with Crippen molar-refractivity contribution in [3.8, 4) is 17.7 Å². The van der Waals surface area contributed by atoms with Crippen molar-refractivity contribution in [2.24, 2.45) is 0 Å². The summed E-state index contributed by atoms with van der Waals surface area (Å²) in [5.41, 5.74) is 1.30. The van der Waals surface area contributed by atoms with Crippen molar-refractivity contribution in [1.29, 1.82) is 5.26 Å². The fourth-order valence-corrected chi connectivity index (χ4v) is 1.79. The van der Waals surface area contributed by atoms with Gasteiger partial charge in [0, 0.05) is 13.5 Å². The monoisotopic (exact) mass is 268 g/mol. The number of para-hydroxylation sites is 1. The molecule has 1 aromatic carbocycles. The quantitative estimate of drug-likeness (QED) is 0.922. The Morgan fingerprint density at radius 3 is 2.70 bits per heavy atom. The topological polar surface area (TPSA) is 70.8 Å². The van der Waals surface area contributed by atoms with Crippen molar-refractivity contribution in [2.45, 2.75) is 20.3 Å². The molecule has 0 radical (unpaired) electrons. The van der Waals surface area contributed by atoms with Crippen LogP contribution in [0.2, 0.25) is 0 Å². The van der Waals surface area contributed by atoms with Gasteiger partial charge < -0.3 is 10.1 Å². The van der Waals surface area contributed by atoms with E-state index in [1.54, 1.807) is 18.2 Å². The number of aromatic nitrogens is 2. The third-order valence-electron chi connectivity index (χ3n) is 2.91. The Balaban J connectivity index is 2.45. The van der Waals surface area contributed by atoms with E-state index < -0.39 is 0 Å². The molecule has 0 aliphatic heterocycles. The van der Waals surface area contributed by atoms with Gasteiger partial charge in [-0.25, -0.2) is 4.98 Å². The van der Waals surface area contributed by atoms with Crippen LogP contribution in [0.5, 0.6) is 11.6 Å². The molecular weight excluding hydrogens is 252 g/mol. The number of ether oxygens (including phenoxy) is 1. The molecule has 2 rings (SSSR count). The number of nitriles is 1. The predicted molar refractivity (Wildman–Crippen MR) is 76.9 cm³/mol. The molecule has 0 bridgehead atoms. The Kier molecular flexibility index (Phi) is 4.16. The number of anilines is 1. The molecule has 0 unspecified atom stereocenters. The predicted octanol–water partition coefficient (Wildman–Crippen LogP) is 3.05. The van der Waals surface area contributed by atoms with Gasteiger partial charge in [0.05, 0.1) is 11.1 Å². The molecule has 0 saturated carbocycles. The highest BCUT2D eigenvalue weighted by atomic mass is 16.5. The fourth-order valence-electron chi connectivity index (χ4n) is 1.79. The molecule has 1 aromatic heterocycles. The van der Waals surface area contributed by atoms with Gasteiger partial charge in [-0.3, -0.25) is 0 Å². The number of hydrogen-bond acceptors (Lipinski definition) is 5. The van der Waals surface area contributed by atoms with E-state index in [0.29, 0.717) is 29.4 Å². The largest absolute Gasteiger partial charge is 0.437 e. The maximum atomic E-state index is 9.09. The first-order valence-corrected chi connectivity index (χ1v) is 6.41. The first-order valence-electron chi connectivity index (χ1n) is 6.41. The van der Waals surface area contributed by atoms with Crippen LogP contribution in [0.15, 0.2) is 24.3 Å². The maximum absolute atomic E-state index is 9.09. The van der Waals surface area contributed by atoms with E-state index in [9.17, 15) is 0 Å². The summed E-state index contributed by atoms with van der Waals surface area (Å²) in [6.07, 6.45) is 0.714. The fraction of sp³-hybridized carbons (Fsp3) is 0.267. The van der Waals surface area contributed by atoms with Gasteiger partial charge in [0.2, 0.25) is 5.88 Å². The van der Waals surface area contributed by atoms with Gasteiger partial charge in [-0.2, -0.15) is 10.2 Å². The Bertz CT molecular complexity index is 661. The molecule has 1 N–H and O–H groups in total. The SMILES string of the molecule is CCc1nc(NC)c(C)c(Oc2ccccc2C#N)n1. The number of nitrogens with zero attached hydrogens (tertiary/aromatic N) is 3. The van der Waals surface area contributed by atoms with Crippen LogP contribution in [0, 0.1) is 18.3 Å². The molecule has 2 aromatic rings. The molecule has 0 fully saturated rings. The summed E-state index contributed by atoms with van der Waals surface area (Å²) in [5.74, 6) is 2.41. The first-order chi connectivity index (χ1) is 9.69. The average molecular weight is 268 g/mol. The third-order valence-corrected chi connectivity index (χ3v) is 2.91. The highest BCUT2D eigenvalue weighted by Gasteiger charge is 2.13. The van der Waals surface area contributed by atoms with E-state index in [1.165, 1.54) is 0 Å². The number of rotatable bonds is 4. The average Bonchev–Trinajstić information content (AvgIpc) is 2.49. The zero-order valence-electron chi connectivity index (χ0n) is 11.8. The minimum atomic E-state index is 0.476. The Morgan fingerprint density at radius 2 is 2.05 bits per heavy atom. The molecule has 0 saturated heterocycles. The van der Waals surface area contributed by atoms with Gasteiger partial charge in [-0.1, -0.05) is 19.1 Å². The molecule has 5 nitrogen and oxygen atoms in total. The molecule has 1 heterocycles. The van der Waals surface area contributed by atoms with Crippen LogP contribution in [-0.4, -0.2) is 17.0 Å². The maximum Gasteiger partial charge on any atom is 0.227 e. The lowest BCUT2D eigenvalue weighted by Gasteiger charge is -2.13. The molecule has 0 aliphatic rings. The van der Waals surface area contributed by atoms with Crippen LogP contribution in [0.25, 0.3) is 0 Å². The number of nitrogens with one attached hydrogen (secondary N) is 1. The summed E-state index contributed by atoms with van der Waals surface area (Å²) in [4.78, 5) is 8.77. The normalized spacial score (nSPS) is 9.90. The molecule has 5 heteroatoms. The molecule has 0 spiro atoms. The van der Waals surface area contributed by atoms with Crippen LogP contribution < -0.4 is 10.1 Å². The van der Waals surface area contributed by atoms with Crippen molar-refractivity contribution in [2.75, 3.05) is 12.4 Å². The smallest absolute Gasteiger partial charge is 0.227 e. The van der Waals surface area contributed by atoms with E-state index in [2.05, 4.69) is 21.4 Å². The highest BCUT2D eigenvalue weighted by molar-refractivity contribution is 5.51. The molecule has 102 valence electrons. The highest BCUT2D eigenvalue weighted by Crippen LogP contribution is 2.28. The summed E-state index contributed by atoms with van der Waals surface area (Å²) >= 11 is 0. The van der Waals surface area contributed by atoms with E-state index in [1.807, 2.05) is 27.0 Å². The van der Waals surface area contributed by atoms with Crippen LogP contribution in [0.3, 0.4) is 0 Å². The Morgan fingerprint density at radius 1 is 1.30 bits per heavy atom. The van der Waals surface area contributed by atoms with E-state index >= 15 is 0 Å². The summed E-state index contributed by atoms with van der Waals surface area (Å²) < 4.78 is 5.80. The molecule has 0 atom stereocenters. The zero-order chi connectivity index (χ0) is 14.5. The first kappa shape index (κ1) is 13.8. The lowest BCUT2D eigenvalue weighted by Crippen LogP contribution is -2.05. The summed E-state index contributed by atoms with van der Waals surface area (Å²) in [6.45, 7) is 3.87. The number of hydrogen-bond donors (Lipinski definition) is 1. The summed E-state index contributed by atoms with van der Waals surface area (Å²) in [6, 6.07) is 9.20. The molecule has 0 amide bonds. The summed E-state index contributed by atoms with van der Waals surface area (Å²) in [5, 5.41) is 12.1. The van der Waals surface area contributed by atoms with Crippen LogP contribution in [0.4, 0.5) is 5.82 Å². The minimum Gasteiger partial charge on any atom is -0.437 e. The lowest BCUT2D eigenvalue weighted by atomic mass is 10.2. The molecule has 0 aliphatic carbocycles. The van der Waals surface area contributed by atoms with Crippen molar-refractivity contribution in [1.82, 2.24) is 9.97 Å². The summed E-state index contributed by atoms with van der Waals surface area (Å²) in [7, 11) is 1.81. The van der Waals surface area contributed by atoms with Crippen LogP contribution >= 0.6 is 0 Å². The van der Waals surface area contributed by atoms with Crippen molar-refractivity contribution in [3.63, 3.8) is 0 Å². The van der Waals surface area contributed by atoms with Gasteiger partial charge in [0.1, 0.15) is 23.5 Å². The van der Waals surface area contributed by atoms with E-state index in [0.717, 1.165) is 11.4 Å². The third kappa shape index (κ3) is 2.69.